The highest BCUT2D eigenvalue weighted by Gasteiger charge is 2.14. The molecule has 1 aromatic carbocycles. The van der Waals surface area contributed by atoms with Crippen LogP contribution in [0.3, 0.4) is 0 Å². The Balaban J connectivity index is 3.16. The van der Waals surface area contributed by atoms with Gasteiger partial charge in [0.1, 0.15) is 5.76 Å². The molecule has 0 fully saturated rings. The average molecular weight is 262 g/mol. The number of ketones is 1. The van der Waals surface area contributed by atoms with Crippen LogP contribution < -0.4 is 0 Å². The van der Waals surface area contributed by atoms with Crippen LogP contribution in [0, 0.1) is 0 Å². The second-order valence-electron chi connectivity index (χ2n) is 4.08. The Morgan fingerprint density at radius 3 is 2.47 bits per heavy atom. The van der Waals surface area contributed by atoms with Gasteiger partial charge in [-0.1, -0.05) is 26.0 Å². The minimum atomic E-state index is -0.990. The fourth-order valence-corrected chi connectivity index (χ4v) is 1.75. The summed E-state index contributed by atoms with van der Waals surface area (Å²) < 4.78 is 4.31. The molecule has 4 nitrogen and oxygen atoms in total. The Morgan fingerprint density at radius 2 is 1.95 bits per heavy atom. The van der Waals surface area contributed by atoms with Crippen molar-refractivity contribution in [1.29, 1.82) is 0 Å². The molecule has 0 aromatic heterocycles. The van der Waals surface area contributed by atoms with Gasteiger partial charge in [-0.05, 0) is 30.0 Å². The van der Waals surface area contributed by atoms with E-state index in [-0.39, 0.29) is 5.76 Å². The van der Waals surface area contributed by atoms with E-state index in [9.17, 15) is 14.7 Å². The van der Waals surface area contributed by atoms with Crippen LogP contribution in [0.2, 0.25) is 0 Å². The molecule has 0 aliphatic carbocycles. The fourth-order valence-electron chi connectivity index (χ4n) is 1.75. The largest absolute Gasteiger partial charge is 0.507 e. The Labute approximate surface area is 112 Å². The second kappa shape index (κ2) is 6.73. The third kappa shape index (κ3) is 3.68. The van der Waals surface area contributed by atoms with Gasteiger partial charge in [-0.25, -0.2) is 4.79 Å². The van der Waals surface area contributed by atoms with Gasteiger partial charge in [-0.3, -0.25) is 4.79 Å². The molecule has 0 saturated heterocycles. The predicted octanol–water partition coefficient (Wildman–Crippen LogP) is 2.45. The smallest absolute Gasteiger partial charge is 0.378 e. The summed E-state index contributed by atoms with van der Waals surface area (Å²) in [6.45, 7) is 3.96. The summed E-state index contributed by atoms with van der Waals surface area (Å²) in [6, 6.07) is 5.73. The Bertz CT molecular complexity index is 515. The first-order valence-electron chi connectivity index (χ1n) is 6.18. The predicted molar refractivity (Wildman–Crippen MR) is 72.8 cm³/mol. The molecule has 0 amide bonds. The van der Waals surface area contributed by atoms with Crippen molar-refractivity contribution >= 4 is 17.5 Å². The maximum atomic E-state index is 11.4. The number of ether oxygens (including phenoxy) is 1. The minimum Gasteiger partial charge on any atom is -0.507 e. The normalized spacial score (nSPS) is 11.2. The molecule has 4 heteroatoms. The number of rotatable bonds is 5. The first kappa shape index (κ1) is 15.0. The standard InChI is InChI=1S/C15H18O4/c1-4-10-6-7-11(5-2)12(8-10)13(16)9-14(17)15(18)19-3/h6-9,16H,4-5H2,1-3H3. The lowest BCUT2D eigenvalue weighted by Crippen LogP contribution is -2.13. The number of hydrogen-bond acceptors (Lipinski definition) is 4. The van der Waals surface area contributed by atoms with Gasteiger partial charge in [0.05, 0.1) is 7.11 Å². The van der Waals surface area contributed by atoms with Crippen LogP contribution in [0.25, 0.3) is 5.76 Å². The van der Waals surface area contributed by atoms with E-state index in [0.29, 0.717) is 5.56 Å². The van der Waals surface area contributed by atoms with E-state index >= 15 is 0 Å². The molecule has 102 valence electrons. The lowest BCUT2D eigenvalue weighted by molar-refractivity contribution is -0.149. The third-order valence-corrected chi connectivity index (χ3v) is 2.89. The van der Waals surface area contributed by atoms with E-state index in [1.54, 1.807) is 0 Å². The van der Waals surface area contributed by atoms with Gasteiger partial charge in [0, 0.05) is 11.6 Å². The van der Waals surface area contributed by atoms with Crippen LogP contribution in [-0.2, 0) is 27.2 Å². The number of benzene rings is 1. The molecule has 0 unspecified atom stereocenters. The number of esters is 1. The molecular formula is C15H18O4. The van der Waals surface area contributed by atoms with Crippen LogP contribution in [0.1, 0.15) is 30.5 Å². The van der Waals surface area contributed by atoms with Crippen LogP contribution in [0.5, 0.6) is 0 Å². The van der Waals surface area contributed by atoms with Crippen molar-refractivity contribution in [2.24, 2.45) is 0 Å². The number of carbonyl (C=O) groups is 2. The van der Waals surface area contributed by atoms with Gasteiger partial charge in [0.15, 0.2) is 0 Å². The Hall–Kier alpha value is -2.10. The van der Waals surface area contributed by atoms with Crippen molar-refractivity contribution in [3.05, 3.63) is 41.0 Å². The first-order valence-corrected chi connectivity index (χ1v) is 6.18. The van der Waals surface area contributed by atoms with Crippen molar-refractivity contribution in [1.82, 2.24) is 0 Å². The number of aryl methyl sites for hydroxylation is 2. The molecule has 19 heavy (non-hydrogen) atoms. The summed E-state index contributed by atoms with van der Waals surface area (Å²) in [6.07, 6.45) is 2.46. The maximum absolute atomic E-state index is 11.4. The molecule has 0 spiro atoms. The fraction of sp³-hybridized carbons (Fsp3) is 0.333. The van der Waals surface area contributed by atoms with Gasteiger partial charge in [0.2, 0.25) is 0 Å². The van der Waals surface area contributed by atoms with Gasteiger partial charge >= 0.3 is 5.97 Å². The molecule has 0 aliphatic heterocycles. The molecule has 1 aromatic rings. The van der Waals surface area contributed by atoms with Crippen molar-refractivity contribution in [3.63, 3.8) is 0 Å². The molecular weight excluding hydrogens is 244 g/mol. The summed E-state index contributed by atoms with van der Waals surface area (Å²) in [7, 11) is 1.13. The number of aliphatic hydroxyl groups is 1. The topological polar surface area (TPSA) is 63.6 Å². The quantitative estimate of drug-likeness (QED) is 0.383. The van der Waals surface area contributed by atoms with Gasteiger partial charge in [-0.15, -0.1) is 0 Å². The zero-order chi connectivity index (χ0) is 14.4. The number of methoxy groups -OCH3 is 1. The van der Waals surface area contributed by atoms with Gasteiger partial charge in [-0.2, -0.15) is 0 Å². The minimum absolute atomic E-state index is 0.206. The number of hydrogen-bond donors (Lipinski definition) is 1. The maximum Gasteiger partial charge on any atom is 0.378 e. The SMILES string of the molecule is CCc1ccc(CC)c(C(O)=CC(=O)C(=O)OC)c1. The molecule has 1 rings (SSSR count). The van der Waals surface area contributed by atoms with Gasteiger partial charge in [0.25, 0.3) is 5.78 Å². The average Bonchev–Trinajstić information content (AvgIpc) is 2.45. The lowest BCUT2D eigenvalue weighted by Gasteiger charge is -2.09. The second-order valence-corrected chi connectivity index (χ2v) is 4.08. The van der Waals surface area contributed by atoms with E-state index < -0.39 is 11.8 Å². The monoisotopic (exact) mass is 262 g/mol. The molecule has 0 bridgehead atoms. The van der Waals surface area contributed by atoms with E-state index in [0.717, 1.165) is 37.2 Å². The van der Waals surface area contributed by atoms with Crippen LogP contribution in [-0.4, -0.2) is 24.0 Å². The van der Waals surface area contributed by atoms with E-state index in [4.69, 9.17) is 0 Å². The summed E-state index contributed by atoms with van der Waals surface area (Å²) in [5.41, 5.74) is 2.56. The summed E-state index contributed by atoms with van der Waals surface area (Å²) in [5, 5.41) is 10.00. The van der Waals surface area contributed by atoms with Crippen molar-refractivity contribution in [2.45, 2.75) is 26.7 Å². The number of carbonyl (C=O) groups excluding carboxylic acids is 2. The molecule has 0 atom stereocenters. The zero-order valence-corrected chi connectivity index (χ0v) is 11.4. The van der Waals surface area contributed by atoms with Crippen LogP contribution >= 0.6 is 0 Å². The van der Waals surface area contributed by atoms with Gasteiger partial charge < -0.3 is 9.84 Å². The summed E-state index contributed by atoms with van der Waals surface area (Å²) in [5.74, 6) is -2.07. The van der Waals surface area contributed by atoms with Crippen molar-refractivity contribution in [3.8, 4) is 0 Å². The van der Waals surface area contributed by atoms with Crippen LogP contribution in [0.15, 0.2) is 24.3 Å². The lowest BCUT2D eigenvalue weighted by atomic mass is 9.99. The van der Waals surface area contributed by atoms with E-state index in [2.05, 4.69) is 4.74 Å². The first-order chi connectivity index (χ1) is 9.03. The molecule has 0 saturated carbocycles. The molecule has 1 N–H and O–H groups in total. The summed E-state index contributed by atoms with van der Waals surface area (Å²) >= 11 is 0. The molecule has 0 heterocycles. The van der Waals surface area contributed by atoms with Crippen molar-refractivity contribution < 1.29 is 19.4 Å². The summed E-state index contributed by atoms with van der Waals surface area (Å²) in [4.78, 5) is 22.4. The highest BCUT2D eigenvalue weighted by molar-refractivity contribution is 6.39. The Morgan fingerprint density at radius 1 is 1.26 bits per heavy atom. The molecule has 0 radical (unpaired) electrons. The highest BCUT2D eigenvalue weighted by Crippen LogP contribution is 2.20. The highest BCUT2D eigenvalue weighted by atomic mass is 16.5. The Kier molecular flexibility index (Phi) is 5.30. The van der Waals surface area contributed by atoms with Crippen LogP contribution in [0.4, 0.5) is 0 Å². The zero-order valence-electron chi connectivity index (χ0n) is 11.4. The van der Waals surface area contributed by atoms with Crippen molar-refractivity contribution in [2.75, 3.05) is 7.11 Å². The van der Waals surface area contributed by atoms with E-state index in [1.807, 2.05) is 32.0 Å². The molecule has 0 aliphatic rings. The van der Waals surface area contributed by atoms with E-state index in [1.165, 1.54) is 0 Å². The number of aliphatic hydroxyl groups excluding tert-OH is 1. The third-order valence-electron chi connectivity index (χ3n) is 2.89.